The molecular formula is C28H31NO2. The average molecular weight is 414 g/mol. The van der Waals surface area contributed by atoms with Crippen molar-refractivity contribution in [2.45, 2.75) is 45.8 Å². The summed E-state index contributed by atoms with van der Waals surface area (Å²) in [5, 5.41) is 0. The van der Waals surface area contributed by atoms with Gasteiger partial charge < -0.3 is 0 Å². The lowest BCUT2D eigenvalue weighted by Crippen LogP contribution is -2.43. The summed E-state index contributed by atoms with van der Waals surface area (Å²) in [6.07, 6.45) is 0.569. The maximum absolute atomic E-state index is 13.4. The molecule has 0 aliphatic heterocycles. The van der Waals surface area contributed by atoms with Crippen molar-refractivity contribution in [3.63, 3.8) is 0 Å². The van der Waals surface area contributed by atoms with Crippen LogP contribution >= 0.6 is 0 Å². The third kappa shape index (κ3) is 7.01. The summed E-state index contributed by atoms with van der Waals surface area (Å²) in [7, 11) is 0. The van der Waals surface area contributed by atoms with Gasteiger partial charge in [-0.1, -0.05) is 105 Å². The second kappa shape index (κ2) is 11.4. The summed E-state index contributed by atoms with van der Waals surface area (Å²) in [4.78, 5) is 28.0. The van der Waals surface area contributed by atoms with Gasteiger partial charge in [-0.3, -0.25) is 14.5 Å². The van der Waals surface area contributed by atoms with Crippen molar-refractivity contribution in [2.24, 2.45) is 5.92 Å². The highest BCUT2D eigenvalue weighted by atomic mass is 16.1. The van der Waals surface area contributed by atoms with E-state index in [1.807, 2.05) is 80.6 Å². The lowest BCUT2D eigenvalue weighted by molar-refractivity contribution is -0.131. The molecule has 31 heavy (non-hydrogen) atoms. The van der Waals surface area contributed by atoms with Crippen LogP contribution in [0.1, 0.15) is 37.0 Å². The number of nitrogens with zero attached hydrogens (tertiary/aromatic N) is 1. The van der Waals surface area contributed by atoms with Gasteiger partial charge in [0.2, 0.25) is 0 Å². The van der Waals surface area contributed by atoms with E-state index in [0.29, 0.717) is 19.5 Å². The van der Waals surface area contributed by atoms with Crippen LogP contribution in [0.5, 0.6) is 0 Å². The Morgan fingerprint density at radius 3 is 1.48 bits per heavy atom. The fraction of sp³-hybridized carbons (Fsp3) is 0.286. The number of hydrogen-bond acceptors (Lipinski definition) is 3. The summed E-state index contributed by atoms with van der Waals surface area (Å²) in [6.45, 7) is 5.00. The van der Waals surface area contributed by atoms with Crippen molar-refractivity contribution in [1.29, 1.82) is 0 Å². The molecule has 0 heterocycles. The van der Waals surface area contributed by atoms with E-state index in [4.69, 9.17) is 0 Å². The fourth-order valence-corrected chi connectivity index (χ4v) is 3.69. The molecule has 3 aromatic carbocycles. The minimum absolute atomic E-state index is 0.00225. The van der Waals surface area contributed by atoms with Crippen LogP contribution < -0.4 is 0 Å². The molecule has 3 heteroatoms. The Hall–Kier alpha value is -3.04. The quantitative estimate of drug-likeness (QED) is 0.390. The molecule has 0 radical (unpaired) electrons. The van der Waals surface area contributed by atoms with Crippen molar-refractivity contribution < 1.29 is 9.59 Å². The largest absolute Gasteiger partial charge is 0.299 e. The maximum Gasteiger partial charge on any atom is 0.157 e. The Morgan fingerprint density at radius 1 is 0.645 bits per heavy atom. The van der Waals surface area contributed by atoms with E-state index >= 15 is 0 Å². The molecule has 3 aromatic rings. The summed E-state index contributed by atoms with van der Waals surface area (Å²) in [6, 6.07) is 30.1. The monoisotopic (exact) mass is 413 g/mol. The minimum atomic E-state index is -0.370. The first-order valence-electron chi connectivity index (χ1n) is 10.9. The zero-order chi connectivity index (χ0) is 22.1. The lowest BCUT2D eigenvalue weighted by Gasteiger charge is -2.31. The molecule has 0 amide bonds. The van der Waals surface area contributed by atoms with Crippen LogP contribution in [0.15, 0.2) is 91.0 Å². The van der Waals surface area contributed by atoms with E-state index in [1.165, 1.54) is 0 Å². The summed E-state index contributed by atoms with van der Waals surface area (Å²) >= 11 is 0. The molecule has 0 saturated heterocycles. The van der Waals surface area contributed by atoms with Gasteiger partial charge in [0, 0.05) is 19.0 Å². The molecule has 0 aliphatic rings. The van der Waals surface area contributed by atoms with Crippen molar-refractivity contribution in [1.82, 2.24) is 4.90 Å². The molecule has 0 aliphatic carbocycles. The smallest absolute Gasteiger partial charge is 0.157 e. The number of carbonyl (C=O) groups excluding carboxylic acids is 2. The SMILES string of the molecule is CC(C)C(=O)CC(=O)[C@H](Cc1ccccc1)N(Cc1ccccc1)Cc1ccccc1. The number of Topliss-reactive ketones (excluding diaryl/α,β-unsaturated/α-hetero) is 2. The number of hydrogen-bond donors (Lipinski definition) is 0. The zero-order valence-corrected chi connectivity index (χ0v) is 18.4. The molecule has 160 valence electrons. The molecular weight excluding hydrogens is 382 g/mol. The first-order valence-corrected chi connectivity index (χ1v) is 10.9. The molecule has 0 saturated carbocycles. The summed E-state index contributed by atoms with van der Waals surface area (Å²) < 4.78 is 0. The number of ketones is 2. The second-order valence-electron chi connectivity index (χ2n) is 8.35. The zero-order valence-electron chi connectivity index (χ0n) is 18.4. The molecule has 0 unspecified atom stereocenters. The van der Waals surface area contributed by atoms with Crippen LogP contribution in [0.4, 0.5) is 0 Å². The van der Waals surface area contributed by atoms with Crippen LogP contribution in [-0.4, -0.2) is 22.5 Å². The molecule has 0 bridgehead atoms. The Labute approximate surface area is 185 Å². The van der Waals surface area contributed by atoms with Gasteiger partial charge in [0.25, 0.3) is 0 Å². The van der Waals surface area contributed by atoms with E-state index < -0.39 is 0 Å². The van der Waals surface area contributed by atoms with Crippen molar-refractivity contribution in [3.8, 4) is 0 Å². The first kappa shape index (κ1) is 22.6. The molecule has 1 atom stereocenters. The molecule has 3 rings (SSSR count). The Balaban J connectivity index is 1.93. The highest BCUT2D eigenvalue weighted by Crippen LogP contribution is 2.19. The number of carbonyl (C=O) groups is 2. The predicted molar refractivity (Wildman–Crippen MR) is 126 cm³/mol. The van der Waals surface area contributed by atoms with E-state index in [0.717, 1.165) is 16.7 Å². The standard InChI is InChI=1S/C28H31NO2/c1-22(2)27(30)19-28(31)26(18-23-12-6-3-7-13-23)29(20-24-14-8-4-9-15-24)21-25-16-10-5-11-17-25/h3-17,22,26H,18-21H2,1-2H3/t26-/m0/s1. The van der Waals surface area contributed by atoms with Crippen LogP contribution in [0.2, 0.25) is 0 Å². The van der Waals surface area contributed by atoms with Gasteiger partial charge in [0.1, 0.15) is 5.78 Å². The van der Waals surface area contributed by atoms with Gasteiger partial charge >= 0.3 is 0 Å². The van der Waals surface area contributed by atoms with Gasteiger partial charge in [-0.2, -0.15) is 0 Å². The lowest BCUT2D eigenvalue weighted by atomic mass is 9.94. The van der Waals surface area contributed by atoms with Crippen LogP contribution in [-0.2, 0) is 29.1 Å². The van der Waals surface area contributed by atoms with Crippen LogP contribution in [0.3, 0.4) is 0 Å². The van der Waals surface area contributed by atoms with Crippen LogP contribution in [0, 0.1) is 5.92 Å². The van der Waals surface area contributed by atoms with Crippen molar-refractivity contribution in [2.75, 3.05) is 0 Å². The molecule has 0 aromatic heterocycles. The summed E-state index contributed by atoms with van der Waals surface area (Å²) in [5.41, 5.74) is 3.41. The fourth-order valence-electron chi connectivity index (χ4n) is 3.69. The third-order valence-corrected chi connectivity index (χ3v) is 5.53. The molecule has 0 N–H and O–H groups in total. The first-order chi connectivity index (χ1) is 15.0. The van der Waals surface area contributed by atoms with Gasteiger partial charge in [-0.05, 0) is 23.1 Å². The Bertz CT molecular complexity index is 911. The highest BCUT2D eigenvalue weighted by Gasteiger charge is 2.28. The predicted octanol–water partition coefficient (Wildman–Crippen LogP) is 5.48. The van der Waals surface area contributed by atoms with Gasteiger partial charge in [0.15, 0.2) is 5.78 Å². The maximum atomic E-state index is 13.4. The molecule has 0 spiro atoms. The van der Waals surface area contributed by atoms with E-state index in [1.54, 1.807) is 0 Å². The molecule has 0 fully saturated rings. The third-order valence-electron chi connectivity index (χ3n) is 5.53. The normalized spacial score (nSPS) is 12.1. The number of rotatable bonds is 11. The summed E-state index contributed by atoms with van der Waals surface area (Å²) in [5.74, 6) is -0.144. The minimum Gasteiger partial charge on any atom is -0.299 e. The van der Waals surface area contributed by atoms with Gasteiger partial charge in [0.05, 0.1) is 12.5 Å². The Kier molecular flexibility index (Phi) is 8.31. The molecule has 3 nitrogen and oxygen atoms in total. The van der Waals surface area contributed by atoms with Crippen LogP contribution in [0.25, 0.3) is 0 Å². The second-order valence-corrected chi connectivity index (χ2v) is 8.35. The Morgan fingerprint density at radius 2 is 1.06 bits per heavy atom. The topological polar surface area (TPSA) is 37.4 Å². The van der Waals surface area contributed by atoms with Gasteiger partial charge in [-0.15, -0.1) is 0 Å². The van der Waals surface area contributed by atoms with E-state index in [2.05, 4.69) is 29.2 Å². The number of benzene rings is 3. The van der Waals surface area contributed by atoms with Crippen molar-refractivity contribution in [3.05, 3.63) is 108 Å². The van der Waals surface area contributed by atoms with E-state index in [-0.39, 0.29) is 29.9 Å². The average Bonchev–Trinajstić information content (AvgIpc) is 2.79. The van der Waals surface area contributed by atoms with Crippen molar-refractivity contribution >= 4 is 11.6 Å². The van der Waals surface area contributed by atoms with Gasteiger partial charge in [-0.25, -0.2) is 0 Å². The highest BCUT2D eigenvalue weighted by molar-refractivity contribution is 6.02. The van der Waals surface area contributed by atoms with E-state index in [9.17, 15) is 9.59 Å².